The lowest BCUT2D eigenvalue weighted by atomic mass is 10.2. The summed E-state index contributed by atoms with van der Waals surface area (Å²) in [6, 6.07) is 6.25. The predicted molar refractivity (Wildman–Crippen MR) is 72.1 cm³/mol. The fourth-order valence-electron chi connectivity index (χ4n) is 2.11. The largest absolute Gasteiger partial charge is 0.497 e. The maximum Gasteiger partial charge on any atom is 0.222 e. The number of aryl methyl sites for hydroxylation is 1. The van der Waals surface area contributed by atoms with Crippen LogP contribution in [0.1, 0.15) is 19.3 Å². The van der Waals surface area contributed by atoms with Gasteiger partial charge in [-0.15, -0.1) is 0 Å². The standard InChI is InChI=1S/C14H17N3O2/c1-19-12-4-5-13-10(8-12)9-15-17(13)7-6-14(18)16-11-2-3-11/h4-5,8-9,11H,2-3,6-7H2,1H3,(H,16,18). The third-order valence-electron chi connectivity index (χ3n) is 3.34. The lowest BCUT2D eigenvalue weighted by Gasteiger charge is -2.05. The Morgan fingerprint density at radius 3 is 3.11 bits per heavy atom. The molecule has 0 aliphatic heterocycles. The number of carbonyl (C=O) groups is 1. The van der Waals surface area contributed by atoms with E-state index >= 15 is 0 Å². The van der Waals surface area contributed by atoms with Crippen LogP contribution in [0.15, 0.2) is 24.4 Å². The van der Waals surface area contributed by atoms with Crippen LogP contribution in [0.25, 0.3) is 10.9 Å². The number of carbonyl (C=O) groups excluding carboxylic acids is 1. The van der Waals surface area contributed by atoms with E-state index in [0.717, 1.165) is 29.5 Å². The Balaban J connectivity index is 1.68. The first-order valence-electron chi connectivity index (χ1n) is 6.55. The third-order valence-corrected chi connectivity index (χ3v) is 3.34. The normalized spacial score (nSPS) is 14.6. The number of benzene rings is 1. The second kappa shape index (κ2) is 4.91. The smallest absolute Gasteiger partial charge is 0.222 e. The monoisotopic (exact) mass is 259 g/mol. The molecule has 1 saturated carbocycles. The topological polar surface area (TPSA) is 56.2 Å². The zero-order valence-electron chi connectivity index (χ0n) is 10.9. The van der Waals surface area contributed by atoms with Gasteiger partial charge in [-0.05, 0) is 31.0 Å². The first-order valence-corrected chi connectivity index (χ1v) is 6.55. The van der Waals surface area contributed by atoms with Crippen molar-refractivity contribution in [1.82, 2.24) is 15.1 Å². The molecule has 1 aliphatic rings. The number of nitrogens with zero attached hydrogens (tertiary/aromatic N) is 2. The average Bonchev–Trinajstić information content (AvgIpc) is 3.14. The number of aromatic nitrogens is 2. The molecule has 0 saturated heterocycles. The van der Waals surface area contributed by atoms with Gasteiger partial charge < -0.3 is 10.1 Å². The highest BCUT2D eigenvalue weighted by atomic mass is 16.5. The molecule has 1 heterocycles. The molecule has 5 nitrogen and oxygen atoms in total. The summed E-state index contributed by atoms with van der Waals surface area (Å²) in [7, 11) is 1.65. The number of amides is 1. The van der Waals surface area contributed by atoms with E-state index in [1.54, 1.807) is 13.3 Å². The molecule has 1 fully saturated rings. The van der Waals surface area contributed by atoms with Crippen LogP contribution < -0.4 is 10.1 Å². The SMILES string of the molecule is COc1ccc2c(cnn2CCC(=O)NC2CC2)c1. The van der Waals surface area contributed by atoms with Crippen LogP contribution in [0.4, 0.5) is 0 Å². The molecular weight excluding hydrogens is 242 g/mol. The Bertz CT molecular complexity index is 602. The van der Waals surface area contributed by atoms with Crippen molar-refractivity contribution in [2.75, 3.05) is 7.11 Å². The summed E-state index contributed by atoms with van der Waals surface area (Å²) in [6.07, 6.45) is 4.52. The van der Waals surface area contributed by atoms with Gasteiger partial charge in [0.1, 0.15) is 5.75 Å². The molecule has 0 spiro atoms. The summed E-state index contributed by atoms with van der Waals surface area (Å²) in [6.45, 7) is 0.606. The number of hydrogen-bond acceptors (Lipinski definition) is 3. The molecular formula is C14H17N3O2. The summed E-state index contributed by atoms with van der Waals surface area (Å²) in [5.41, 5.74) is 1.03. The highest BCUT2D eigenvalue weighted by molar-refractivity contribution is 5.81. The average molecular weight is 259 g/mol. The van der Waals surface area contributed by atoms with Gasteiger partial charge in [0.2, 0.25) is 5.91 Å². The van der Waals surface area contributed by atoms with Crippen LogP contribution in [0.2, 0.25) is 0 Å². The van der Waals surface area contributed by atoms with E-state index in [9.17, 15) is 4.79 Å². The maximum atomic E-state index is 11.7. The second-order valence-electron chi connectivity index (χ2n) is 4.88. The van der Waals surface area contributed by atoms with Gasteiger partial charge in [-0.3, -0.25) is 9.48 Å². The quantitative estimate of drug-likeness (QED) is 0.889. The molecule has 5 heteroatoms. The molecule has 1 aromatic carbocycles. The van der Waals surface area contributed by atoms with Crippen LogP contribution >= 0.6 is 0 Å². The Hall–Kier alpha value is -2.04. The van der Waals surface area contributed by atoms with Gasteiger partial charge in [0.15, 0.2) is 0 Å². The van der Waals surface area contributed by atoms with Crippen LogP contribution in [-0.2, 0) is 11.3 Å². The lowest BCUT2D eigenvalue weighted by molar-refractivity contribution is -0.121. The molecule has 19 heavy (non-hydrogen) atoms. The third kappa shape index (κ3) is 2.70. The number of hydrogen-bond donors (Lipinski definition) is 1. The van der Waals surface area contributed by atoms with Crippen LogP contribution in [0.5, 0.6) is 5.75 Å². The highest BCUT2D eigenvalue weighted by Crippen LogP contribution is 2.21. The summed E-state index contributed by atoms with van der Waals surface area (Å²) >= 11 is 0. The van der Waals surface area contributed by atoms with Crippen molar-refractivity contribution >= 4 is 16.8 Å². The minimum absolute atomic E-state index is 0.111. The molecule has 1 N–H and O–H groups in total. The highest BCUT2D eigenvalue weighted by Gasteiger charge is 2.22. The summed E-state index contributed by atoms with van der Waals surface area (Å²) in [5.74, 6) is 0.929. The van der Waals surface area contributed by atoms with Gasteiger partial charge in [0, 0.05) is 17.8 Å². The summed E-state index contributed by atoms with van der Waals surface area (Å²) < 4.78 is 7.04. The van der Waals surface area contributed by atoms with E-state index in [-0.39, 0.29) is 5.91 Å². The van der Waals surface area contributed by atoms with Crippen LogP contribution in [-0.4, -0.2) is 28.8 Å². The summed E-state index contributed by atoms with van der Waals surface area (Å²) in [4.78, 5) is 11.7. The van der Waals surface area contributed by atoms with Gasteiger partial charge in [0.25, 0.3) is 0 Å². The fourth-order valence-corrected chi connectivity index (χ4v) is 2.11. The number of nitrogens with one attached hydrogen (secondary N) is 1. The van der Waals surface area contributed by atoms with E-state index in [1.165, 1.54) is 0 Å². The van der Waals surface area contributed by atoms with Gasteiger partial charge in [-0.2, -0.15) is 5.10 Å². The number of rotatable bonds is 5. The number of ether oxygens (including phenoxy) is 1. The zero-order valence-corrected chi connectivity index (χ0v) is 10.9. The van der Waals surface area contributed by atoms with Crippen LogP contribution in [0.3, 0.4) is 0 Å². The zero-order chi connectivity index (χ0) is 13.2. The van der Waals surface area contributed by atoms with Gasteiger partial charge in [-0.25, -0.2) is 0 Å². The minimum atomic E-state index is 0.111. The Morgan fingerprint density at radius 1 is 1.53 bits per heavy atom. The van der Waals surface area contributed by atoms with E-state index in [1.807, 2.05) is 22.9 Å². The minimum Gasteiger partial charge on any atom is -0.497 e. The maximum absolute atomic E-state index is 11.7. The van der Waals surface area contributed by atoms with Crippen molar-refractivity contribution in [3.63, 3.8) is 0 Å². The van der Waals surface area contributed by atoms with Gasteiger partial charge in [0.05, 0.1) is 25.4 Å². The fraction of sp³-hybridized carbons (Fsp3) is 0.429. The summed E-state index contributed by atoms with van der Waals surface area (Å²) in [5, 5.41) is 8.33. The van der Waals surface area contributed by atoms with Crippen molar-refractivity contribution in [2.24, 2.45) is 0 Å². The van der Waals surface area contributed by atoms with Crippen LogP contribution in [0, 0.1) is 0 Å². The first-order chi connectivity index (χ1) is 9.26. The Kier molecular flexibility index (Phi) is 3.11. The van der Waals surface area contributed by atoms with E-state index in [0.29, 0.717) is 19.0 Å². The molecule has 0 unspecified atom stereocenters. The predicted octanol–water partition coefficient (Wildman–Crippen LogP) is 1.71. The molecule has 3 rings (SSSR count). The lowest BCUT2D eigenvalue weighted by Crippen LogP contribution is -2.26. The van der Waals surface area contributed by atoms with Gasteiger partial charge in [-0.1, -0.05) is 0 Å². The van der Waals surface area contributed by atoms with Gasteiger partial charge >= 0.3 is 0 Å². The first kappa shape index (κ1) is 12.0. The van der Waals surface area contributed by atoms with Crippen molar-refractivity contribution in [1.29, 1.82) is 0 Å². The molecule has 100 valence electrons. The van der Waals surface area contributed by atoms with Crippen molar-refractivity contribution in [3.05, 3.63) is 24.4 Å². The molecule has 0 radical (unpaired) electrons. The number of methoxy groups -OCH3 is 1. The Morgan fingerprint density at radius 2 is 2.37 bits per heavy atom. The second-order valence-corrected chi connectivity index (χ2v) is 4.88. The Labute approximate surface area is 111 Å². The number of fused-ring (bicyclic) bond motifs is 1. The van der Waals surface area contributed by atoms with E-state index in [4.69, 9.17) is 4.74 Å². The molecule has 1 amide bonds. The molecule has 2 aromatic rings. The molecule has 0 atom stereocenters. The van der Waals surface area contributed by atoms with Crippen molar-refractivity contribution < 1.29 is 9.53 Å². The van der Waals surface area contributed by atoms with Crippen molar-refractivity contribution in [3.8, 4) is 5.75 Å². The molecule has 1 aromatic heterocycles. The van der Waals surface area contributed by atoms with E-state index < -0.39 is 0 Å². The van der Waals surface area contributed by atoms with Crippen molar-refractivity contribution in [2.45, 2.75) is 31.8 Å². The molecule has 0 bridgehead atoms. The van der Waals surface area contributed by atoms with E-state index in [2.05, 4.69) is 10.4 Å². The molecule has 1 aliphatic carbocycles.